The molecule has 64 heavy (non-hydrogen) atoms. The molecule has 1 atom stereocenters. The van der Waals surface area contributed by atoms with Crippen molar-refractivity contribution in [1.82, 2.24) is 35.4 Å². The highest BCUT2D eigenvalue weighted by Crippen LogP contribution is 2.35. The van der Waals surface area contributed by atoms with E-state index in [0.29, 0.717) is 30.9 Å². The van der Waals surface area contributed by atoms with Gasteiger partial charge in [-0.3, -0.25) is 43.9 Å². The van der Waals surface area contributed by atoms with Crippen LogP contribution in [0.2, 0.25) is 0 Å². The highest BCUT2D eigenvalue weighted by molar-refractivity contribution is 6.23. The van der Waals surface area contributed by atoms with Gasteiger partial charge in [-0.05, 0) is 106 Å². The molecule has 4 aliphatic heterocycles. The van der Waals surface area contributed by atoms with Gasteiger partial charge in [-0.15, -0.1) is 0 Å². The lowest BCUT2D eigenvalue weighted by Gasteiger charge is -2.37. The number of amides is 5. The van der Waals surface area contributed by atoms with Crippen LogP contribution in [-0.4, -0.2) is 125 Å². The van der Waals surface area contributed by atoms with Crippen molar-refractivity contribution in [2.24, 2.45) is 0 Å². The molecule has 0 radical (unpaired) electrons. The Hall–Kier alpha value is -6.46. The summed E-state index contributed by atoms with van der Waals surface area (Å²) < 4.78 is 11.6. The summed E-state index contributed by atoms with van der Waals surface area (Å²) in [6.45, 7) is 14.3. The van der Waals surface area contributed by atoms with E-state index in [2.05, 4.69) is 53.3 Å². The third kappa shape index (κ3) is 9.26. The van der Waals surface area contributed by atoms with Crippen molar-refractivity contribution < 1.29 is 33.4 Å². The number of nitrogens with one attached hydrogen (secondary N) is 3. The van der Waals surface area contributed by atoms with Gasteiger partial charge in [-0.2, -0.15) is 0 Å². The summed E-state index contributed by atoms with van der Waals surface area (Å²) in [5.41, 5.74) is 7.12. The Balaban J connectivity index is 0.868. The minimum absolute atomic E-state index is 0.0745. The SMILES string of the molecule is CCN(c1cc(-c2cnc(OCCCN3CCN(c4ccc5c(c4)C(=O)N(C4CCC(=O)NC4=O)C5=O)CC3)nc2)cc(C(=O)NCc2c(C)cc(C)[nH]c2=O)c1C)C1CCOCC1. The van der Waals surface area contributed by atoms with Crippen molar-refractivity contribution in [1.29, 1.82) is 0 Å². The lowest BCUT2D eigenvalue weighted by Crippen LogP contribution is -2.54. The van der Waals surface area contributed by atoms with Gasteiger partial charge in [0.1, 0.15) is 6.04 Å². The second-order valence-corrected chi connectivity index (χ2v) is 16.9. The summed E-state index contributed by atoms with van der Waals surface area (Å²) in [4.78, 5) is 97.0. The molecule has 0 saturated carbocycles. The van der Waals surface area contributed by atoms with E-state index in [0.717, 1.165) is 103 Å². The fourth-order valence-electron chi connectivity index (χ4n) is 9.26. The van der Waals surface area contributed by atoms with Crippen molar-refractivity contribution in [2.45, 2.75) is 78.4 Å². The number of aromatic nitrogens is 3. The molecule has 8 rings (SSSR count). The highest BCUT2D eigenvalue weighted by Gasteiger charge is 2.45. The van der Waals surface area contributed by atoms with Gasteiger partial charge in [0.2, 0.25) is 11.8 Å². The number of carbonyl (C=O) groups excluding carboxylic acids is 5. The summed E-state index contributed by atoms with van der Waals surface area (Å²) >= 11 is 0. The van der Waals surface area contributed by atoms with Gasteiger partial charge in [0.15, 0.2) is 0 Å². The van der Waals surface area contributed by atoms with Gasteiger partial charge >= 0.3 is 6.01 Å². The molecule has 6 heterocycles. The van der Waals surface area contributed by atoms with Crippen LogP contribution in [-0.2, 0) is 20.9 Å². The Labute approximate surface area is 371 Å². The molecule has 4 aromatic rings. The van der Waals surface area contributed by atoms with Crippen LogP contribution in [0.1, 0.15) is 92.5 Å². The minimum atomic E-state index is -0.996. The van der Waals surface area contributed by atoms with Crippen LogP contribution in [0.25, 0.3) is 11.1 Å². The molecular formula is C47H55N9O8. The zero-order chi connectivity index (χ0) is 45.1. The monoisotopic (exact) mass is 873 g/mol. The molecule has 3 fully saturated rings. The van der Waals surface area contributed by atoms with Crippen LogP contribution in [0.4, 0.5) is 11.4 Å². The number of H-pyrrole nitrogens is 1. The van der Waals surface area contributed by atoms with E-state index in [1.165, 1.54) is 0 Å². The third-order valence-electron chi connectivity index (χ3n) is 12.8. The summed E-state index contributed by atoms with van der Waals surface area (Å²) in [5.74, 6) is -2.33. The highest BCUT2D eigenvalue weighted by atomic mass is 16.5. The maximum atomic E-state index is 13.9. The Kier molecular flexibility index (Phi) is 13.2. The average Bonchev–Trinajstić information content (AvgIpc) is 3.53. The van der Waals surface area contributed by atoms with Gasteiger partial charge in [0.25, 0.3) is 23.3 Å². The van der Waals surface area contributed by atoms with Crippen molar-refractivity contribution in [2.75, 3.05) is 68.9 Å². The van der Waals surface area contributed by atoms with Crippen LogP contribution in [0.5, 0.6) is 6.01 Å². The minimum Gasteiger partial charge on any atom is -0.463 e. The first-order chi connectivity index (χ1) is 30.9. The van der Waals surface area contributed by atoms with Crippen LogP contribution >= 0.6 is 0 Å². The van der Waals surface area contributed by atoms with E-state index in [-0.39, 0.29) is 54.0 Å². The molecule has 2 aromatic carbocycles. The topological polar surface area (TPSA) is 199 Å². The quantitative estimate of drug-likeness (QED) is 0.123. The first-order valence-electron chi connectivity index (χ1n) is 22.1. The number of benzene rings is 2. The Bertz CT molecular complexity index is 2510. The Morgan fingerprint density at radius 3 is 2.34 bits per heavy atom. The molecule has 0 spiro atoms. The van der Waals surface area contributed by atoms with E-state index in [9.17, 15) is 28.8 Å². The predicted octanol–water partition coefficient (Wildman–Crippen LogP) is 3.68. The van der Waals surface area contributed by atoms with Gasteiger partial charge in [0.05, 0.1) is 17.7 Å². The number of pyridine rings is 1. The summed E-state index contributed by atoms with van der Waals surface area (Å²) in [7, 11) is 0. The number of hydrogen-bond acceptors (Lipinski definition) is 13. The van der Waals surface area contributed by atoms with Crippen LogP contribution in [0.3, 0.4) is 0 Å². The number of piperidine rings is 1. The lowest BCUT2D eigenvalue weighted by atomic mass is 9.96. The first-order valence-corrected chi connectivity index (χ1v) is 22.1. The molecule has 0 bridgehead atoms. The van der Waals surface area contributed by atoms with Crippen LogP contribution in [0.15, 0.2) is 53.6 Å². The third-order valence-corrected chi connectivity index (χ3v) is 12.8. The number of carbonyl (C=O) groups is 5. The number of anilines is 2. The number of nitrogens with zero attached hydrogens (tertiary/aromatic N) is 6. The molecule has 5 amide bonds. The zero-order valence-corrected chi connectivity index (χ0v) is 36.8. The lowest BCUT2D eigenvalue weighted by molar-refractivity contribution is -0.136. The summed E-state index contributed by atoms with van der Waals surface area (Å²) in [6.07, 6.45) is 6.15. The largest absolute Gasteiger partial charge is 0.463 e. The molecule has 336 valence electrons. The molecule has 0 aliphatic carbocycles. The number of aromatic amines is 1. The smallest absolute Gasteiger partial charge is 0.316 e. The first kappa shape index (κ1) is 44.2. The van der Waals surface area contributed by atoms with E-state index in [1.54, 1.807) is 24.5 Å². The molecular weight excluding hydrogens is 819 g/mol. The second kappa shape index (κ2) is 19.1. The van der Waals surface area contributed by atoms with E-state index in [4.69, 9.17) is 9.47 Å². The predicted molar refractivity (Wildman–Crippen MR) is 239 cm³/mol. The maximum Gasteiger partial charge on any atom is 0.316 e. The summed E-state index contributed by atoms with van der Waals surface area (Å²) in [5, 5.41) is 5.23. The standard InChI is InChI=1S/C47H55N9O8/c1-5-55(33-11-19-63-20-12-33)40-23-31(22-36(30(40)4)42(58)48-27-38-28(2)21-29(3)51-43(38)59)32-25-49-47(50-26-32)64-18-6-13-53-14-16-54(17-15-53)34-7-8-35-37(24-34)46(62)56(45(35)61)39-9-10-41(57)52-44(39)60/h7-8,21-26,33,39H,5-6,9-20,27H2,1-4H3,(H,48,58)(H,51,59)(H,52,57,60). The van der Waals surface area contributed by atoms with E-state index >= 15 is 0 Å². The van der Waals surface area contributed by atoms with Gasteiger partial charge in [-0.1, -0.05) is 0 Å². The van der Waals surface area contributed by atoms with Crippen molar-refractivity contribution in [3.8, 4) is 17.1 Å². The molecule has 17 heteroatoms. The molecule has 1 unspecified atom stereocenters. The zero-order valence-electron chi connectivity index (χ0n) is 36.8. The molecule has 3 saturated heterocycles. The fraction of sp³-hybridized carbons (Fsp3) is 0.447. The van der Waals surface area contributed by atoms with E-state index < -0.39 is 29.7 Å². The number of aryl methyl sites for hydroxylation is 2. The number of piperazine rings is 1. The fourth-order valence-corrected chi connectivity index (χ4v) is 9.26. The van der Waals surface area contributed by atoms with E-state index in [1.807, 2.05) is 39.0 Å². The van der Waals surface area contributed by atoms with Gasteiger partial charge in [0, 0.05) is 118 Å². The second-order valence-electron chi connectivity index (χ2n) is 16.9. The van der Waals surface area contributed by atoms with Crippen LogP contribution < -0.4 is 30.7 Å². The number of hydrogen-bond donors (Lipinski definition) is 3. The summed E-state index contributed by atoms with van der Waals surface area (Å²) in [6, 6.07) is 10.6. The van der Waals surface area contributed by atoms with Crippen LogP contribution in [0, 0.1) is 20.8 Å². The Morgan fingerprint density at radius 1 is 0.906 bits per heavy atom. The normalized spacial score (nSPS) is 18.3. The molecule has 4 aliphatic rings. The number of fused-ring (bicyclic) bond motifs is 1. The van der Waals surface area contributed by atoms with Crippen molar-refractivity contribution >= 4 is 40.9 Å². The van der Waals surface area contributed by atoms with Gasteiger partial charge < -0.3 is 29.6 Å². The van der Waals surface area contributed by atoms with Gasteiger partial charge in [-0.25, -0.2) is 9.97 Å². The Morgan fingerprint density at radius 2 is 1.64 bits per heavy atom. The maximum absolute atomic E-state index is 13.9. The molecule has 2 aromatic heterocycles. The molecule has 17 nitrogen and oxygen atoms in total. The van der Waals surface area contributed by atoms with Crippen molar-refractivity contribution in [3.05, 3.63) is 98.2 Å². The number of ether oxygens (including phenoxy) is 2. The number of rotatable bonds is 14. The number of imide groups is 2. The van der Waals surface area contributed by atoms with Crippen molar-refractivity contribution in [3.63, 3.8) is 0 Å². The average molecular weight is 874 g/mol. The molecule has 3 N–H and O–H groups in total.